The van der Waals surface area contributed by atoms with E-state index in [2.05, 4.69) is 5.32 Å². The van der Waals surface area contributed by atoms with Crippen LogP contribution in [0.5, 0.6) is 11.5 Å². The maximum atomic E-state index is 12.1. The van der Waals surface area contributed by atoms with Crippen LogP contribution in [0.4, 0.5) is 10.5 Å². The van der Waals surface area contributed by atoms with Gasteiger partial charge in [0.1, 0.15) is 5.57 Å². The fourth-order valence-electron chi connectivity index (χ4n) is 2.73. The van der Waals surface area contributed by atoms with Gasteiger partial charge >= 0.3 is 6.03 Å². The van der Waals surface area contributed by atoms with Gasteiger partial charge in [0, 0.05) is 5.69 Å². The number of hydrogen-bond donors (Lipinski definition) is 3. The number of carbonyl (C=O) groups is 4. The highest BCUT2D eigenvalue weighted by Crippen LogP contribution is 2.29. The predicted octanol–water partition coefficient (Wildman–Crippen LogP) is 1.77. The molecule has 9 heteroatoms. The number of rotatable bonds is 6. The number of hydrogen-bond acceptors (Lipinski definition) is 6. The minimum atomic E-state index is -0.868. The molecule has 30 heavy (non-hydrogen) atoms. The smallest absolute Gasteiger partial charge is 0.328 e. The Kier molecular flexibility index (Phi) is 6.11. The molecule has 9 nitrogen and oxygen atoms in total. The Hall–Kier alpha value is -4.14. The van der Waals surface area contributed by atoms with E-state index in [1.54, 1.807) is 18.2 Å². The number of imide groups is 2. The Morgan fingerprint density at radius 2 is 1.77 bits per heavy atom. The van der Waals surface area contributed by atoms with Crippen LogP contribution >= 0.6 is 0 Å². The number of anilines is 1. The van der Waals surface area contributed by atoms with Crippen molar-refractivity contribution in [3.8, 4) is 11.5 Å². The highest BCUT2D eigenvalue weighted by Gasteiger charge is 2.27. The number of nitrogens with one attached hydrogen (secondary N) is 3. The molecule has 1 saturated heterocycles. The van der Waals surface area contributed by atoms with Crippen LogP contribution in [0.25, 0.3) is 6.08 Å². The SMILES string of the molecule is COc1cc(C=C2C(=O)NC(=O)NC2=O)ccc1OCC(=O)Nc1cccc(C)c1. The summed E-state index contributed by atoms with van der Waals surface area (Å²) in [4.78, 5) is 46.9. The summed E-state index contributed by atoms with van der Waals surface area (Å²) in [5, 5.41) is 6.73. The molecule has 0 radical (unpaired) electrons. The van der Waals surface area contributed by atoms with Crippen LogP contribution in [0.2, 0.25) is 0 Å². The number of ether oxygens (including phenoxy) is 2. The van der Waals surface area contributed by atoms with Gasteiger partial charge in [-0.3, -0.25) is 25.0 Å². The molecule has 3 rings (SSSR count). The van der Waals surface area contributed by atoms with Crippen molar-refractivity contribution < 1.29 is 28.7 Å². The molecule has 0 unspecified atom stereocenters. The summed E-state index contributed by atoms with van der Waals surface area (Å²) in [6, 6.07) is 11.2. The molecule has 2 aromatic rings. The first-order valence-electron chi connectivity index (χ1n) is 8.91. The van der Waals surface area contributed by atoms with Gasteiger partial charge < -0.3 is 14.8 Å². The number of aryl methyl sites for hydroxylation is 1. The van der Waals surface area contributed by atoms with E-state index in [1.165, 1.54) is 19.3 Å². The lowest BCUT2D eigenvalue weighted by molar-refractivity contribution is -0.124. The van der Waals surface area contributed by atoms with Crippen LogP contribution < -0.4 is 25.4 Å². The van der Waals surface area contributed by atoms with Crippen molar-refractivity contribution in [1.82, 2.24) is 10.6 Å². The van der Waals surface area contributed by atoms with E-state index >= 15 is 0 Å². The van der Waals surface area contributed by atoms with Gasteiger partial charge in [-0.1, -0.05) is 18.2 Å². The van der Waals surface area contributed by atoms with E-state index in [1.807, 2.05) is 35.8 Å². The highest BCUT2D eigenvalue weighted by molar-refractivity contribution is 6.31. The Morgan fingerprint density at radius 3 is 2.43 bits per heavy atom. The van der Waals surface area contributed by atoms with Crippen molar-refractivity contribution in [3.05, 3.63) is 59.2 Å². The second-order valence-electron chi connectivity index (χ2n) is 6.41. The lowest BCUT2D eigenvalue weighted by Crippen LogP contribution is -2.51. The molecule has 0 saturated carbocycles. The molecule has 2 aromatic carbocycles. The fourth-order valence-corrected chi connectivity index (χ4v) is 2.73. The fraction of sp³-hybridized carbons (Fsp3) is 0.143. The predicted molar refractivity (Wildman–Crippen MR) is 108 cm³/mol. The van der Waals surface area contributed by atoms with Crippen LogP contribution in [0, 0.1) is 6.92 Å². The summed E-state index contributed by atoms with van der Waals surface area (Å²) in [6.45, 7) is 1.68. The number of benzene rings is 2. The summed E-state index contributed by atoms with van der Waals surface area (Å²) < 4.78 is 10.8. The van der Waals surface area contributed by atoms with Gasteiger partial charge in [0.25, 0.3) is 17.7 Å². The maximum absolute atomic E-state index is 12.1. The summed E-state index contributed by atoms with van der Waals surface area (Å²) in [5.41, 5.74) is 1.94. The zero-order valence-electron chi connectivity index (χ0n) is 16.3. The molecular weight excluding hydrogens is 390 g/mol. The first-order valence-corrected chi connectivity index (χ1v) is 8.91. The monoisotopic (exact) mass is 409 g/mol. The van der Waals surface area contributed by atoms with Gasteiger partial charge in [-0.15, -0.1) is 0 Å². The van der Waals surface area contributed by atoms with Crippen LogP contribution in [0.1, 0.15) is 11.1 Å². The lowest BCUT2D eigenvalue weighted by Gasteiger charge is -2.15. The quantitative estimate of drug-likeness (QED) is 0.494. The van der Waals surface area contributed by atoms with Crippen molar-refractivity contribution in [2.45, 2.75) is 6.92 Å². The topological polar surface area (TPSA) is 123 Å². The van der Waals surface area contributed by atoms with Gasteiger partial charge in [-0.2, -0.15) is 0 Å². The third kappa shape index (κ3) is 5.02. The van der Waals surface area contributed by atoms with Crippen LogP contribution in [0.15, 0.2) is 48.0 Å². The average molecular weight is 409 g/mol. The third-order valence-electron chi connectivity index (χ3n) is 4.10. The summed E-state index contributed by atoms with van der Waals surface area (Å²) in [6.07, 6.45) is 1.31. The normalized spacial score (nSPS) is 13.3. The number of urea groups is 1. The number of methoxy groups -OCH3 is 1. The van der Waals surface area contributed by atoms with Crippen molar-refractivity contribution in [1.29, 1.82) is 0 Å². The van der Waals surface area contributed by atoms with E-state index < -0.39 is 17.8 Å². The zero-order chi connectivity index (χ0) is 21.7. The molecule has 1 aliphatic heterocycles. The van der Waals surface area contributed by atoms with Gasteiger partial charge in [0.2, 0.25) is 0 Å². The van der Waals surface area contributed by atoms with Crippen molar-refractivity contribution >= 4 is 35.5 Å². The molecular formula is C21H19N3O6. The third-order valence-corrected chi connectivity index (χ3v) is 4.10. The van der Waals surface area contributed by atoms with Crippen molar-refractivity contribution in [2.75, 3.05) is 19.0 Å². The van der Waals surface area contributed by atoms with Crippen LogP contribution in [-0.4, -0.2) is 37.5 Å². The second kappa shape index (κ2) is 8.91. The van der Waals surface area contributed by atoms with Crippen LogP contribution in [0.3, 0.4) is 0 Å². The number of carbonyl (C=O) groups excluding carboxylic acids is 4. The largest absolute Gasteiger partial charge is 0.493 e. The second-order valence-corrected chi connectivity index (χ2v) is 6.41. The molecule has 0 aromatic heterocycles. The highest BCUT2D eigenvalue weighted by atomic mass is 16.5. The zero-order valence-corrected chi connectivity index (χ0v) is 16.3. The van der Waals surface area contributed by atoms with Crippen LogP contribution in [-0.2, 0) is 14.4 Å². The Balaban J connectivity index is 1.69. The first kappa shape index (κ1) is 20.6. The molecule has 0 aliphatic carbocycles. The molecule has 154 valence electrons. The maximum Gasteiger partial charge on any atom is 0.328 e. The molecule has 1 fully saturated rings. The van der Waals surface area contributed by atoms with Crippen molar-refractivity contribution in [3.63, 3.8) is 0 Å². The molecule has 3 N–H and O–H groups in total. The summed E-state index contributed by atoms with van der Waals surface area (Å²) in [7, 11) is 1.42. The lowest BCUT2D eigenvalue weighted by atomic mass is 10.1. The van der Waals surface area contributed by atoms with Crippen molar-refractivity contribution in [2.24, 2.45) is 0 Å². The van der Waals surface area contributed by atoms with Gasteiger partial charge in [-0.05, 0) is 48.4 Å². The number of barbiturate groups is 1. The first-order chi connectivity index (χ1) is 14.4. The van der Waals surface area contributed by atoms with Gasteiger partial charge in [0.05, 0.1) is 7.11 Å². The molecule has 0 spiro atoms. The minimum absolute atomic E-state index is 0.220. The molecule has 1 aliphatic rings. The van der Waals surface area contributed by atoms with E-state index in [9.17, 15) is 19.2 Å². The molecule has 5 amide bonds. The minimum Gasteiger partial charge on any atom is -0.493 e. The van der Waals surface area contributed by atoms with E-state index in [-0.39, 0.29) is 18.1 Å². The molecule has 1 heterocycles. The van der Waals surface area contributed by atoms with E-state index in [0.717, 1.165) is 5.56 Å². The van der Waals surface area contributed by atoms with Gasteiger partial charge in [0.15, 0.2) is 18.1 Å². The standard InChI is InChI=1S/C21H19N3O6/c1-12-4-3-5-14(8-12)22-18(25)11-30-16-7-6-13(10-17(16)29-2)9-15-19(26)23-21(28)24-20(15)27/h3-10H,11H2,1-2H3,(H,22,25)(H2,23,24,26,27,28). The summed E-state index contributed by atoms with van der Waals surface area (Å²) in [5.74, 6) is -1.31. The van der Waals surface area contributed by atoms with Gasteiger partial charge in [-0.25, -0.2) is 4.79 Å². The Bertz CT molecular complexity index is 1040. The Labute approximate surface area is 172 Å². The average Bonchev–Trinajstić information content (AvgIpc) is 2.69. The summed E-state index contributed by atoms with van der Waals surface area (Å²) >= 11 is 0. The Morgan fingerprint density at radius 1 is 1.03 bits per heavy atom. The van der Waals surface area contributed by atoms with E-state index in [0.29, 0.717) is 22.7 Å². The number of amides is 5. The molecule has 0 atom stereocenters. The van der Waals surface area contributed by atoms with E-state index in [4.69, 9.17) is 9.47 Å². The molecule has 0 bridgehead atoms.